The van der Waals surface area contributed by atoms with E-state index in [1.165, 1.54) is 0 Å². The normalized spacial score (nSPS) is 11.3. The summed E-state index contributed by atoms with van der Waals surface area (Å²) in [7, 11) is 20.3. The van der Waals surface area contributed by atoms with Crippen LogP contribution >= 0.6 is 0 Å². The Morgan fingerprint density at radius 2 is 0.174 bits per heavy atom. The van der Waals surface area contributed by atoms with Gasteiger partial charge in [-0.25, -0.2) is 0 Å². The van der Waals surface area contributed by atoms with Crippen LogP contribution in [-0.2, 0) is 0 Å². The van der Waals surface area contributed by atoms with E-state index in [0.29, 0.717) is 0 Å². The lowest BCUT2D eigenvalue weighted by molar-refractivity contribution is 0.414. The molecule has 0 N–H and O–H groups in total. The van der Waals surface area contributed by atoms with Gasteiger partial charge in [-0.15, -0.1) is 0 Å². The number of benzene rings is 18. The largest absolute Gasteiger partial charge is 0.497 e. The topological polar surface area (TPSA) is 130 Å². The molecule has 1 aliphatic carbocycles. The SMILES string of the molecule is COc1ccc(N(c2ccc(OC)cc2)c2ccc(C(=C3C(=C(c4ccc(N(c5ccc(OC)cc5)c5ccc(OC)cc5)cc4)c4ccc(N(c5ccc(OC)cc5)c5ccc(OC)cc5)cc4)C3=C(c3ccc(N(c4ccc(OC)cc4)c4ccc(OC)cc4)cc3)c3ccc(N(c4ccc(OC)cc4)c4ccc(OC)cc4)cc3)c3ccc(N(c4ccc(OC)cc4)c4ccc(OC)cc4)cc3)cc2)cc1. The first-order chi connectivity index (χ1) is 70.8. The molecule has 0 aromatic heterocycles. The highest BCUT2D eigenvalue weighted by Crippen LogP contribution is 2.61. The molecule has 0 spiro atoms. The second-order valence-corrected chi connectivity index (χ2v) is 33.9. The number of hydrogen-bond acceptors (Lipinski definition) is 18. The molecule has 18 nitrogen and oxygen atoms in total. The molecule has 0 aliphatic heterocycles. The van der Waals surface area contributed by atoms with E-state index < -0.39 is 0 Å². The van der Waals surface area contributed by atoms with Crippen LogP contribution in [0.2, 0.25) is 0 Å². The highest BCUT2D eigenvalue weighted by atomic mass is 16.5. The van der Waals surface area contributed by atoms with Crippen molar-refractivity contribution < 1.29 is 56.8 Å². The fourth-order valence-electron chi connectivity index (χ4n) is 18.4. The molecule has 714 valence electrons. The van der Waals surface area contributed by atoms with Gasteiger partial charge in [-0.05, 0) is 431 Å². The minimum Gasteiger partial charge on any atom is -0.497 e. The Morgan fingerprint density at radius 1 is 0.104 bits per heavy atom. The highest BCUT2D eigenvalue weighted by molar-refractivity contribution is 6.14. The molecular weight excluding hydrogens is 1790 g/mol. The van der Waals surface area contributed by atoms with Crippen LogP contribution in [0, 0.1) is 0 Å². The summed E-state index contributed by atoms with van der Waals surface area (Å²) in [5, 5.41) is 0. The molecule has 19 rings (SSSR count). The minimum atomic E-state index is 0.734. The minimum absolute atomic E-state index is 0.734. The zero-order chi connectivity index (χ0) is 99.1. The maximum Gasteiger partial charge on any atom is 0.119 e. The smallest absolute Gasteiger partial charge is 0.119 e. The van der Waals surface area contributed by atoms with E-state index in [9.17, 15) is 0 Å². The van der Waals surface area contributed by atoms with Gasteiger partial charge < -0.3 is 86.2 Å². The number of hydrogen-bond donors (Lipinski definition) is 0. The Morgan fingerprint density at radius 3 is 0.243 bits per heavy atom. The van der Waals surface area contributed by atoms with Gasteiger partial charge in [0, 0.05) is 102 Å². The molecule has 0 atom stereocenters. The fourth-order valence-corrected chi connectivity index (χ4v) is 18.4. The fraction of sp³-hybridized carbons (Fsp3) is 0.0952. The lowest BCUT2D eigenvalue weighted by atomic mass is 9.93. The highest BCUT2D eigenvalue weighted by Gasteiger charge is 2.42. The summed E-state index contributed by atoms with van der Waals surface area (Å²) in [6.45, 7) is 0. The Labute approximate surface area is 841 Å². The van der Waals surface area contributed by atoms with Gasteiger partial charge >= 0.3 is 0 Å². The first kappa shape index (κ1) is 94.5. The van der Waals surface area contributed by atoms with Gasteiger partial charge in [0.2, 0.25) is 0 Å². The lowest BCUT2D eigenvalue weighted by Gasteiger charge is -2.27. The molecule has 144 heavy (non-hydrogen) atoms. The predicted octanol–water partition coefficient (Wildman–Crippen LogP) is 31.4. The molecule has 18 aromatic rings. The molecule has 0 saturated heterocycles. The summed E-state index contributed by atoms with van der Waals surface area (Å²) in [5.41, 5.74) is 27.9. The molecule has 0 radical (unpaired) electrons. The van der Waals surface area contributed by atoms with Crippen LogP contribution in [0.3, 0.4) is 0 Å². The van der Waals surface area contributed by atoms with E-state index in [-0.39, 0.29) is 0 Å². The first-order valence-electron chi connectivity index (χ1n) is 47.2. The summed E-state index contributed by atoms with van der Waals surface area (Å²) in [6.07, 6.45) is 0. The van der Waals surface area contributed by atoms with Crippen molar-refractivity contribution >= 4 is 119 Å². The van der Waals surface area contributed by atoms with E-state index in [4.69, 9.17) is 56.8 Å². The number of nitrogens with zero attached hydrogens (tertiary/aromatic N) is 6. The molecule has 0 amide bonds. The van der Waals surface area contributed by atoms with Gasteiger partial charge in [-0.1, -0.05) is 72.8 Å². The van der Waals surface area contributed by atoms with Crippen LogP contribution in [-0.4, -0.2) is 85.3 Å². The summed E-state index contributed by atoms with van der Waals surface area (Å²) in [5.74, 6) is 8.81. The van der Waals surface area contributed by atoms with Crippen molar-refractivity contribution in [2.75, 3.05) is 115 Å². The van der Waals surface area contributed by atoms with Crippen molar-refractivity contribution in [3.8, 4) is 69.0 Å². The van der Waals surface area contributed by atoms with Crippen LogP contribution in [0.1, 0.15) is 33.4 Å². The van der Waals surface area contributed by atoms with Gasteiger partial charge in [-0.3, -0.25) is 0 Å². The van der Waals surface area contributed by atoms with Crippen LogP contribution < -0.4 is 86.2 Å². The van der Waals surface area contributed by atoms with Gasteiger partial charge in [-0.2, -0.15) is 0 Å². The van der Waals surface area contributed by atoms with Crippen LogP contribution in [0.4, 0.5) is 102 Å². The van der Waals surface area contributed by atoms with Crippen molar-refractivity contribution in [2.45, 2.75) is 0 Å². The monoisotopic (exact) mass is 1900 g/mol. The van der Waals surface area contributed by atoms with E-state index >= 15 is 0 Å². The molecule has 0 unspecified atom stereocenters. The average molecular weight is 1900 g/mol. The van der Waals surface area contributed by atoms with Gasteiger partial charge in [0.05, 0.1) is 85.3 Å². The third kappa shape index (κ3) is 20.1. The second-order valence-electron chi connectivity index (χ2n) is 33.9. The van der Waals surface area contributed by atoms with Crippen LogP contribution in [0.5, 0.6) is 69.0 Å². The van der Waals surface area contributed by atoms with Gasteiger partial charge in [0.15, 0.2) is 0 Å². The maximum atomic E-state index is 5.80. The predicted molar refractivity (Wildman–Crippen MR) is 583 cm³/mol. The zero-order valence-electron chi connectivity index (χ0n) is 82.2. The zero-order valence-corrected chi connectivity index (χ0v) is 82.2. The summed E-state index contributed by atoms with van der Waals surface area (Å²) in [6, 6.07) is 152. The van der Waals surface area contributed by atoms with E-state index in [0.717, 1.165) is 238 Å². The van der Waals surface area contributed by atoms with E-state index in [1.807, 2.05) is 146 Å². The Kier molecular flexibility index (Phi) is 28.4. The van der Waals surface area contributed by atoms with Crippen molar-refractivity contribution in [1.29, 1.82) is 0 Å². The molecule has 0 heterocycles. The molecule has 1 saturated carbocycles. The second kappa shape index (κ2) is 43.3. The van der Waals surface area contributed by atoms with Crippen molar-refractivity contribution in [3.05, 3.63) is 487 Å². The van der Waals surface area contributed by atoms with Gasteiger partial charge in [0.1, 0.15) is 69.0 Å². The average Bonchev–Trinajstić information content (AvgIpc) is 1.54. The molecule has 18 aromatic carbocycles. The number of allylic oxidation sites excluding steroid dienone is 3. The maximum absolute atomic E-state index is 5.80. The third-order valence-electron chi connectivity index (χ3n) is 25.9. The van der Waals surface area contributed by atoms with Crippen molar-refractivity contribution in [2.24, 2.45) is 0 Å². The summed E-state index contributed by atoms with van der Waals surface area (Å²) >= 11 is 0. The first-order valence-corrected chi connectivity index (χ1v) is 47.2. The molecule has 1 fully saturated rings. The third-order valence-corrected chi connectivity index (χ3v) is 25.9. The Balaban J connectivity index is 0.940. The Bertz CT molecular complexity index is 6040. The number of anilines is 18. The van der Waals surface area contributed by atoms with Crippen LogP contribution in [0.15, 0.2) is 453 Å². The molecular formula is C126H108N6O12. The number of ether oxygens (including phenoxy) is 12. The molecule has 18 heteroatoms. The van der Waals surface area contributed by atoms with E-state index in [2.05, 4.69) is 321 Å². The quantitative estimate of drug-likeness (QED) is 0.0369. The van der Waals surface area contributed by atoms with Crippen molar-refractivity contribution in [3.63, 3.8) is 0 Å². The number of methoxy groups -OCH3 is 12. The lowest BCUT2D eigenvalue weighted by Crippen LogP contribution is -2.10. The van der Waals surface area contributed by atoms with E-state index in [1.54, 1.807) is 85.3 Å². The molecule has 1 aliphatic rings. The standard InChI is InChI=1S/C126H108N6O12/c1-133-109-61-37-97(38-62-109)127(98-39-63-110(134-2)64-40-98)91-25-13-85(14-26-91)121(86-15-27-92(28-16-86)128(99-41-65-111(135-3)66-42-99)100-43-67-112(136-4)68-44-100)124-125(122(87-17-29-93(30-18-87)129(101-45-69-113(137-5)70-46-101)102-47-71-114(138-6)72-48-102)88-19-31-94(32-20-88)130(103-49-73-115(139-7)74-50-103)104-51-75-116(140-8)76-52-104)126(124)123(89-21-33-95(34-22-89)131(105-53-77-117(141-9)78-54-105)106-55-79-118(142-10)80-56-106)90-23-35-96(36-24-90)132(107-57-81-119(143-11)82-58-107)108-59-83-120(144-12)84-60-108/h13-84H,1-12H3. The van der Waals surface area contributed by atoms with Crippen LogP contribution in [0.25, 0.3) is 16.7 Å². The number of rotatable bonds is 36. The summed E-state index contributed by atoms with van der Waals surface area (Å²) in [4.78, 5) is 13.5. The summed E-state index contributed by atoms with van der Waals surface area (Å²) < 4.78 is 69.6. The van der Waals surface area contributed by atoms with Gasteiger partial charge in [0.25, 0.3) is 0 Å². The van der Waals surface area contributed by atoms with Crippen molar-refractivity contribution in [1.82, 2.24) is 0 Å². The Hall–Kier alpha value is -18.4. The molecule has 0 bridgehead atoms.